The van der Waals surface area contributed by atoms with Crippen LogP contribution < -0.4 is 11.5 Å². The van der Waals surface area contributed by atoms with Crippen LogP contribution in [0.25, 0.3) is 0 Å². The maximum Gasteiger partial charge on any atom is 2.00 e. The number of phosphoric acid groups is 1. The third-order valence-corrected chi connectivity index (χ3v) is 4.64. The van der Waals surface area contributed by atoms with Gasteiger partial charge in [0, 0.05) is 12.1 Å². The summed E-state index contributed by atoms with van der Waals surface area (Å²) >= 11 is 0. The van der Waals surface area contributed by atoms with E-state index in [2.05, 4.69) is 4.90 Å². The topological polar surface area (TPSA) is 208 Å². The molecule has 2 aliphatic rings. The predicted octanol–water partition coefficient (Wildman–Crippen LogP) is -0.0683. The fraction of sp³-hybridized carbons (Fsp3) is 0.875. The number of carbonyl (C=O) groups is 2. The minimum atomic E-state index is -4.64. The predicted molar refractivity (Wildman–Crippen MR) is 102 cm³/mol. The monoisotopic (exact) mass is 622 g/mol. The molecule has 0 aromatic rings. The molecule has 0 aromatic heterocycles. The Morgan fingerprint density at radius 3 is 1.62 bits per heavy atom. The van der Waals surface area contributed by atoms with Crippen molar-refractivity contribution in [3.8, 4) is 0 Å². The number of aliphatic carboxylic acids is 2. The summed E-state index contributed by atoms with van der Waals surface area (Å²) in [6.07, 6.45) is 8.05. The van der Waals surface area contributed by atoms with Crippen molar-refractivity contribution in [2.45, 2.75) is 63.5 Å². The van der Waals surface area contributed by atoms with Crippen molar-refractivity contribution in [1.29, 1.82) is 0 Å². The number of carboxylic acid groups (broad SMARTS) is 2. The maximum atomic E-state index is 10.6. The van der Waals surface area contributed by atoms with Gasteiger partial charge in [-0.05, 0) is 58.2 Å². The Hall–Kier alpha value is -0.382. The van der Waals surface area contributed by atoms with Crippen LogP contribution in [0.4, 0.5) is 0 Å². The zero-order chi connectivity index (χ0) is 21.7. The zero-order valence-corrected chi connectivity index (χ0v) is 19.5. The van der Waals surface area contributed by atoms with Gasteiger partial charge >= 0.3 is 40.8 Å². The first kappa shape index (κ1) is 30.8. The molecule has 0 bridgehead atoms. The van der Waals surface area contributed by atoms with Crippen LogP contribution >= 0.6 is 7.82 Å². The molecule has 29 heavy (non-hydrogen) atoms. The van der Waals surface area contributed by atoms with E-state index >= 15 is 0 Å². The van der Waals surface area contributed by atoms with Gasteiger partial charge in [-0.25, -0.2) is 4.57 Å². The Labute approximate surface area is 185 Å². The van der Waals surface area contributed by atoms with Crippen molar-refractivity contribution >= 4 is 19.8 Å². The smallest absolute Gasteiger partial charge is 0.481 e. The van der Waals surface area contributed by atoms with E-state index in [4.69, 9.17) is 40.9 Å². The summed E-state index contributed by atoms with van der Waals surface area (Å²) in [6, 6.07) is 0.562. The summed E-state index contributed by atoms with van der Waals surface area (Å²) in [5, 5.41) is 17.3. The summed E-state index contributed by atoms with van der Waals surface area (Å²) < 4.78 is 8.88. The zero-order valence-electron chi connectivity index (χ0n) is 16.3. The number of rotatable bonds is 6. The van der Waals surface area contributed by atoms with Gasteiger partial charge in [-0.15, -0.1) is 0 Å². The second-order valence-electron chi connectivity index (χ2n) is 7.05. The largest absolute Gasteiger partial charge is 2.00 e. The minimum absolute atomic E-state index is 0. The van der Waals surface area contributed by atoms with Gasteiger partial charge in [0.2, 0.25) is 0 Å². The molecule has 1 saturated heterocycles. The molecular weight excluding hydrogens is 588 g/mol. The first-order valence-corrected chi connectivity index (χ1v) is 11.0. The molecule has 0 radical (unpaired) electrons. The van der Waals surface area contributed by atoms with Crippen LogP contribution in [0, 0.1) is 5.92 Å². The van der Waals surface area contributed by atoms with Gasteiger partial charge in [0.05, 0.1) is 0 Å². The first-order chi connectivity index (χ1) is 12.9. The van der Waals surface area contributed by atoms with E-state index in [0.29, 0.717) is 6.42 Å². The molecule has 13 heteroatoms. The van der Waals surface area contributed by atoms with Gasteiger partial charge < -0.3 is 41.3 Å². The number of nitrogens with two attached hydrogens (primary N) is 2. The van der Waals surface area contributed by atoms with Crippen molar-refractivity contribution in [3.05, 3.63) is 0 Å². The van der Waals surface area contributed by atoms with Gasteiger partial charge in [-0.2, -0.15) is 0 Å². The molecule has 0 spiro atoms. The standard InChI is InChI=1S/C10H17NO4.C6H14N2.H3O4P.Pt/c12-9(13)8(10(14)15)4-3-7-11-5-1-2-6-11;7-5-3-1-2-4-6(5)8;1-5(2,3)4;/h8H,1-7H2,(H,12,13)(H,14,15);5-6H,1-4,7-8H2;(H3,1,2,3,4);/q;;;+2. The fourth-order valence-corrected chi connectivity index (χ4v) is 3.07. The summed E-state index contributed by atoms with van der Waals surface area (Å²) in [4.78, 5) is 45.0. The molecule has 0 aromatic carbocycles. The van der Waals surface area contributed by atoms with Gasteiger partial charge in [0.15, 0.2) is 5.92 Å². The molecule has 2 rings (SSSR count). The third kappa shape index (κ3) is 18.1. The van der Waals surface area contributed by atoms with E-state index in [0.717, 1.165) is 32.5 Å². The summed E-state index contributed by atoms with van der Waals surface area (Å²) in [7, 11) is -4.64. The van der Waals surface area contributed by atoms with E-state index < -0.39 is 25.7 Å². The number of likely N-dealkylation sites (tertiary alicyclic amines) is 1. The third-order valence-electron chi connectivity index (χ3n) is 4.64. The van der Waals surface area contributed by atoms with Gasteiger partial charge in [-0.3, -0.25) is 9.59 Å². The van der Waals surface area contributed by atoms with Crippen LogP contribution in [0.5, 0.6) is 0 Å². The van der Waals surface area contributed by atoms with E-state index in [-0.39, 0.29) is 39.6 Å². The molecule has 1 aliphatic heterocycles. The average molecular weight is 623 g/mol. The van der Waals surface area contributed by atoms with Crippen molar-refractivity contribution in [1.82, 2.24) is 4.90 Å². The molecule has 174 valence electrons. The second-order valence-corrected chi connectivity index (χ2v) is 8.07. The maximum absolute atomic E-state index is 10.6. The van der Waals surface area contributed by atoms with Crippen molar-refractivity contribution in [3.63, 3.8) is 0 Å². The molecule has 2 atom stereocenters. The molecule has 9 N–H and O–H groups in total. The van der Waals surface area contributed by atoms with E-state index in [1.807, 2.05) is 0 Å². The van der Waals surface area contributed by atoms with Crippen LogP contribution in [0.2, 0.25) is 0 Å². The summed E-state index contributed by atoms with van der Waals surface area (Å²) in [6.45, 7) is 2.94. The normalized spacial score (nSPS) is 21.9. The van der Waals surface area contributed by atoms with Gasteiger partial charge in [0.1, 0.15) is 0 Å². The number of nitrogens with zero attached hydrogens (tertiary/aromatic N) is 1. The number of hydrogen-bond donors (Lipinski definition) is 7. The molecule has 1 saturated carbocycles. The van der Waals surface area contributed by atoms with E-state index in [1.54, 1.807) is 0 Å². The van der Waals surface area contributed by atoms with Gasteiger partial charge in [-0.1, -0.05) is 12.8 Å². The Bertz CT molecular complexity index is 484. The minimum Gasteiger partial charge on any atom is -0.481 e. The van der Waals surface area contributed by atoms with E-state index in [1.165, 1.54) is 25.7 Å². The molecule has 2 fully saturated rings. The van der Waals surface area contributed by atoms with Crippen LogP contribution in [0.3, 0.4) is 0 Å². The molecule has 0 amide bonds. The Morgan fingerprint density at radius 2 is 1.31 bits per heavy atom. The first-order valence-electron chi connectivity index (χ1n) is 9.39. The number of hydrogen-bond acceptors (Lipinski definition) is 6. The molecule has 11 nitrogen and oxygen atoms in total. The molecular formula is C16H34N3O8PPt+2. The Balaban J connectivity index is 0. The second kappa shape index (κ2) is 16.3. The van der Waals surface area contributed by atoms with Crippen LogP contribution in [0.1, 0.15) is 51.4 Å². The Kier molecular flexibility index (Phi) is 17.3. The van der Waals surface area contributed by atoms with Crippen molar-refractivity contribution in [2.75, 3.05) is 19.6 Å². The van der Waals surface area contributed by atoms with Crippen LogP contribution in [0.15, 0.2) is 0 Å². The molecule has 1 heterocycles. The number of carboxylic acids is 2. The van der Waals surface area contributed by atoms with E-state index in [9.17, 15) is 9.59 Å². The van der Waals surface area contributed by atoms with Crippen LogP contribution in [-0.4, -0.2) is 73.4 Å². The Morgan fingerprint density at radius 1 is 0.931 bits per heavy atom. The van der Waals surface area contributed by atoms with Crippen molar-refractivity contribution < 1.29 is 60.1 Å². The SMILES string of the molecule is NC1CCCCC1N.O=C(O)C(CCCN1CCCC1)C(=O)O.O=P(O)(O)O.[Pt+2]. The fourth-order valence-electron chi connectivity index (χ4n) is 3.07. The van der Waals surface area contributed by atoms with Gasteiger partial charge in [0.25, 0.3) is 0 Å². The van der Waals surface area contributed by atoms with Crippen LogP contribution in [-0.2, 0) is 35.2 Å². The molecule has 2 unspecified atom stereocenters. The summed E-state index contributed by atoms with van der Waals surface area (Å²) in [5.74, 6) is -3.71. The van der Waals surface area contributed by atoms with Crippen molar-refractivity contribution in [2.24, 2.45) is 17.4 Å². The summed E-state index contributed by atoms with van der Waals surface area (Å²) in [5.41, 5.74) is 11.3. The quantitative estimate of drug-likeness (QED) is 0.154. The average Bonchev–Trinajstić information content (AvgIpc) is 3.06. The molecule has 1 aliphatic carbocycles.